The second-order valence-electron chi connectivity index (χ2n) is 5.10. The molecule has 1 aliphatic rings. The van der Waals surface area contributed by atoms with Gasteiger partial charge in [-0.2, -0.15) is 0 Å². The zero-order valence-corrected chi connectivity index (χ0v) is 15.9. The Morgan fingerprint density at radius 2 is 2.08 bits per heavy atom. The van der Waals surface area contributed by atoms with Crippen LogP contribution in [0.4, 0.5) is 0 Å². The molecule has 0 spiro atoms. The van der Waals surface area contributed by atoms with Crippen molar-refractivity contribution >= 4 is 46.3 Å². The molecule has 1 aromatic carbocycles. The van der Waals surface area contributed by atoms with Gasteiger partial charge >= 0.3 is 5.97 Å². The fraction of sp³-hybridized carbons (Fsp3) is 0.353. The standard InChI is InChI=1S/C17H19NO5S2/c1-4-7-23-12-6-5-11(8-13(12)21-2)9-14-16(20)18(17(24)25-14)10-15(19)22-3/h5-6,8-9H,4,7,10H2,1-3H3/b14-9+. The van der Waals surface area contributed by atoms with Crippen molar-refractivity contribution in [3.05, 3.63) is 28.7 Å². The summed E-state index contributed by atoms with van der Waals surface area (Å²) >= 11 is 6.32. The normalized spacial score (nSPS) is 15.6. The van der Waals surface area contributed by atoms with E-state index in [0.717, 1.165) is 23.7 Å². The number of rotatable bonds is 7. The van der Waals surface area contributed by atoms with E-state index in [1.807, 2.05) is 13.0 Å². The topological polar surface area (TPSA) is 65.1 Å². The molecule has 0 aromatic heterocycles. The van der Waals surface area contributed by atoms with Gasteiger partial charge in [0.25, 0.3) is 5.91 Å². The molecule has 0 N–H and O–H groups in total. The molecule has 0 atom stereocenters. The molecule has 0 radical (unpaired) electrons. The zero-order chi connectivity index (χ0) is 18.4. The molecule has 25 heavy (non-hydrogen) atoms. The van der Waals surface area contributed by atoms with E-state index in [0.29, 0.717) is 27.3 Å². The fourth-order valence-corrected chi connectivity index (χ4v) is 3.34. The van der Waals surface area contributed by atoms with E-state index in [2.05, 4.69) is 4.74 Å². The van der Waals surface area contributed by atoms with Crippen LogP contribution in [0, 0.1) is 0 Å². The summed E-state index contributed by atoms with van der Waals surface area (Å²) in [6, 6.07) is 5.42. The highest BCUT2D eigenvalue weighted by Crippen LogP contribution is 2.34. The first kappa shape index (κ1) is 19.3. The van der Waals surface area contributed by atoms with Gasteiger partial charge in [0.1, 0.15) is 10.9 Å². The first-order chi connectivity index (χ1) is 12.0. The molecule has 0 bridgehead atoms. The van der Waals surface area contributed by atoms with Gasteiger partial charge in [-0.25, -0.2) is 0 Å². The molecule has 1 aromatic rings. The van der Waals surface area contributed by atoms with Crippen molar-refractivity contribution in [1.82, 2.24) is 4.90 Å². The Hall–Kier alpha value is -2.06. The highest BCUT2D eigenvalue weighted by atomic mass is 32.2. The molecular formula is C17H19NO5S2. The summed E-state index contributed by atoms with van der Waals surface area (Å²) in [6.07, 6.45) is 2.61. The molecule has 8 heteroatoms. The van der Waals surface area contributed by atoms with Crippen molar-refractivity contribution in [3.63, 3.8) is 0 Å². The molecule has 1 aliphatic heterocycles. The van der Waals surface area contributed by atoms with Gasteiger partial charge in [-0.1, -0.05) is 37.0 Å². The lowest BCUT2D eigenvalue weighted by molar-refractivity contribution is -0.143. The van der Waals surface area contributed by atoms with Crippen molar-refractivity contribution in [2.24, 2.45) is 0 Å². The maximum atomic E-state index is 12.4. The average Bonchev–Trinajstić information content (AvgIpc) is 2.87. The average molecular weight is 381 g/mol. The van der Waals surface area contributed by atoms with Crippen LogP contribution in [0.25, 0.3) is 6.08 Å². The van der Waals surface area contributed by atoms with E-state index in [1.165, 1.54) is 12.0 Å². The first-order valence-electron chi connectivity index (χ1n) is 7.63. The number of esters is 1. The predicted octanol–water partition coefficient (Wildman–Crippen LogP) is 2.86. The van der Waals surface area contributed by atoms with Crippen molar-refractivity contribution in [2.45, 2.75) is 13.3 Å². The molecule has 1 amide bonds. The van der Waals surface area contributed by atoms with E-state index < -0.39 is 5.97 Å². The fourth-order valence-electron chi connectivity index (χ4n) is 2.09. The Morgan fingerprint density at radius 3 is 2.72 bits per heavy atom. The number of benzene rings is 1. The quantitative estimate of drug-likeness (QED) is 0.409. The summed E-state index contributed by atoms with van der Waals surface area (Å²) in [7, 11) is 2.83. The van der Waals surface area contributed by atoms with E-state index in [4.69, 9.17) is 21.7 Å². The van der Waals surface area contributed by atoms with Gasteiger partial charge in [-0.3, -0.25) is 14.5 Å². The van der Waals surface area contributed by atoms with Crippen molar-refractivity contribution in [2.75, 3.05) is 27.4 Å². The summed E-state index contributed by atoms with van der Waals surface area (Å²) in [5.41, 5.74) is 0.777. The van der Waals surface area contributed by atoms with Crippen LogP contribution in [0.15, 0.2) is 23.1 Å². The minimum atomic E-state index is -0.517. The van der Waals surface area contributed by atoms with E-state index in [9.17, 15) is 9.59 Å². The van der Waals surface area contributed by atoms with E-state index in [-0.39, 0.29) is 12.5 Å². The minimum absolute atomic E-state index is 0.189. The molecule has 0 aliphatic carbocycles. The Bertz CT molecular complexity index is 717. The first-order valence-corrected chi connectivity index (χ1v) is 8.85. The van der Waals surface area contributed by atoms with Crippen molar-refractivity contribution in [1.29, 1.82) is 0 Å². The number of hydrogen-bond donors (Lipinski definition) is 0. The number of thioether (sulfide) groups is 1. The summed E-state index contributed by atoms with van der Waals surface area (Å²) < 4.78 is 15.9. The molecule has 2 rings (SSSR count). The van der Waals surface area contributed by atoms with E-state index in [1.54, 1.807) is 25.3 Å². The number of methoxy groups -OCH3 is 2. The third-order valence-corrected chi connectivity index (χ3v) is 4.71. The highest BCUT2D eigenvalue weighted by Gasteiger charge is 2.33. The third-order valence-electron chi connectivity index (χ3n) is 3.34. The molecule has 1 saturated heterocycles. The van der Waals surface area contributed by atoms with Gasteiger partial charge in [0.15, 0.2) is 11.5 Å². The summed E-state index contributed by atoms with van der Waals surface area (Å²) in [6.45, 7) is 2.44. The SMILES string of the molecule is CCCOc1ccc(/C=C2/SC(=S)N(CC(=O)OC)C2=O)cc1OC. The second-order valence-corrected chi connectivity index (χ2v) is 6.78. The van der Waals surface area contributed by atoms with Gasteiger partial charge in [-0.05, 0) is 30.2 Å². The van der Waals surface area contributed by atoms with Crippen LogP contribution in [0.1, 0.15) is 18.9 Å². The molecule has 0 saturated carbocycles. The zero-order valence-electron chi connectivity index (χ0n) is 14.2. The lowest BCUT2D eigenvalue weighted by Crippen LogP contribution is -2.33. The van der Waals surface area contributed by atoms with Crippen LogP contribution in [0.2, 0.25) is 0 Å². The molecule has 0 unspecified atom stereocenters. The minimum Gasteiger partial charge on any atom is -0.493 e. The van der Waals surface area contributed by atoms with E-state index >= 15 is 0 Å². The van der Waals surface area contributed by atoms with Gasteiger partial charge in [-0.15, -0.1) is 0 Å². The number of ether oxygens (including phenoxy) is 3. The van der Waals surface area contributed by atoms with Crippen LogP contribution in [-0.4, -0.2) is 48.5 Å². The largest absolute Gasteiger partial charge is 0.493 e. The van der Waals surface area contributed by atoms with Gasteiger partial charge in [0.2, 0.25) is 0 Å². The molecule has 134 valence electrons. The number of carbonyl (C=O) groups is 2. The lowest BCUT2D eigenvalue weighted by Gasteiger charge is -2.12. The maximum Gasteiger partial charge on any atom is 0.325 e. The second kappa shape index (κ2) is 8.87. The number of hydrogen-bond acceptors (Lipinski definition) is 7. The maximum absolute atomic E-state index is 12.4. The Labute approximate surface area is 156 Å². The van der Waals surface area contributed by atoms with Crippen LogP contribution in [0.5, 0.6) is 11.5 Å². The van der Waals surface area contributed by atoms with Gasteiger partial charge in [0, 0.05) is 0 Å². The molecule has 6 nitrogen and oxygen atoms in total. The number of nitrogens with zero attached hydrogens (tertiary/aromatic N) is 1. The van der Waals surface area contributed by atoms with Crippen LogP contribution < -0.4 is 9.47 Å². The number of amides is 1. The highest BCUT2D eigenvalue weighted by molar-refractivity contribution is 8.26. The lowest BCUT2D eigenvalue weighted by atomic mass is 10.2. The Kier molecular flexibility index (Phi) is 6.83. The van der Waals surface area contributed by atoms with Crippen molar-refractivity contribution in [3.8, 4) is 11.5 Å². The monoisotopic (exact) mass is 381 g/mol. The van der Waals surface area contributed by atoms with Crippen molar-refractivity contribution < 1.29 is 23.8 Å². The van der Waals surface area contributed by atoms with Crippen LogP contribution in [-0.2, 0) is 14.3 Å². The smallest absolute Gasteiger partial charge is 0.325 e. The molecule has 1 fully saturated rings. The summed E-state index contributed by atoms with van der Waals surface area (Å²) in [5.74, 6) is 0.411. The Morgan fingerprint density at radius 1 is 1.32 bits per heavy atom. The number of carbonyl (C=O) groups excluding carboxylic acids is 2. The Balaban J connectivity index is 2.21. The van der Waals surface area contributed by atoms with Crippen LogP contribution >= 0.6 is 24.0 Å². The molecule has 1 heterocycles. The van der Waals surface area contributed by atoms with Gasteiger partial charge < -0.3 is 14.2 Å². The summed E-state index contributed by atoms with van der Waals surface area (Å²) in [5, 5.41) is 0. The molecular weight excluding hydrogens is 362 g/mol. The van der Waals surface area contributed by atoms with Crippen LogP contribution in [0.3, 0.4) is 0 Å². The number of thiocarbonyl (C=S) groups is 1. The van der Waals surface area contributed by atoms with Gasteiger partial charge in [0.05, 0.1) is 25.7 Å². The predicted molar refractivity (Wildman–Crippen MR) is 101 cm³/mol. The summed E-state index contributed by atoms with van der Waals surface area (Å²) in [4.78, 5) is 25.5. The third kappa shape index (κ3) is 4.73.